The maximum Gasteiger partial charge on any atom is 0.306 e. The number of aliphatic hydroxyl groups is 7. The molecule has 14 nitrogen and oxygen atoms in total. The van der Waals surface area contributed by atoms with Crippen molar-refractivity contribution < 1.29 is 69.0 Å². The highest BCUT2D eigenvalue weighted by Gasteiger charge is 2.47. The molecule has 2 rings (SSSR count). The molecule has 0 bridgehead atoms. The number of esters is 1. The van der Waals surface area contributed by atoms with Crippen molar-refractivity contribution in [2.75, 3.05) is 33.0 Å². The van der Waals surface area contributed by atoms with E-state index in [0.29, 0.717) is 13.0 Å². The van der Waals surface area contributed by atoms with Crippen molar-refractivity contribution in [3.05, 3.63) is 72.9 Å². The second-order valence-corrected chi connectivity index (χ2v) is 18.7. The van der Waals surface area contributed by atoms with Gasteiger partial charge in [0.05, 0.1) is 26.4 Å². The van der Waals surface area contributed by atoms with Crippen LogP contribution in [-0.4, -0.2) is 142 Å². The van der Waals surface area contributed by atoms with E-state index >= 15 is 0 Å². The minimum atomic E-state index is -1.71. The fourth-order valence-electron chi connectivity index (χ4n) is 8.11. The largest absolute Gasteiger partial charge is 0.457 e. The number of unbranched alkanes of at least 4 members (excludes halogenated alkanes) is 16. The molecule has 14 heteroatoms. The zero-order chi connectivity index (χ0) is 50.9. The number of aliphatic hydroxyl groups excluding tert-OH is 7. The molecular weight excluding hydrogens is 897 g/mol. The van der Waals surface area contributed by atoms with Crippen molar-refractivity contribution in [2.45, 2.75) is 242 Å². The van der Waals surface area contributed by atoms with Gasteiger partial charge in [0.15, 0.2) is 12.6 Å². The highest BCUT2D eigenvalue weighted by atomic mass is 16.7. The molecule has 0 amide bonds. The van der Waals surface area contributed by atoms with Gasteiger partial charge < -0.3 is 64.2 Å². The summed E-state index contributed by atoms with van der Waals surface area (Å²) in [5.74, 6) is -0.393. The first-order valence-electron chi connectivity index (χ1n) is 27.0. The van der Waals surface area contributed by atoms with Crippen molar-refractivity contribution in [3.63, 3.8) is 0 Å². The molecule has 11 unspecified atom stereocenters. The molecule has 2 heterocycles. The molecular formula is C56H96O14. The van der Waals surface area contributed by atoms with Crippen molar-refractivity contribution >= 4 is 5.97 Å². The Balaban J connectivity index is 1.72. The Labute approximate surface area is 421 Å². The van der Waals surface area contributed by atoms with Crippen molar-refractivity contribution in [1.29, 1.82) is 0 Å². The zero-order valence-electron chi connectivity index (χ0n) is 43.0. The molecule has 11 atom stereocenters. The van der Waals surface area contributed by atoms with Crippen molar-refractivity contribution in [3.8, 4) is 0 Å². The highest BCUT2D eigenvalue weighted by molar-refractivity contribution is 5.69. The third-order valence-corrected chi connectivity index (χ3v) is 12.5. The van der Waals surface area contributed by atoms with E-state index in [1.807, 2.05) is 0 Å². The predicted molar refractivity (Wildman–Crippen MR) is 275 cm³/mol. The van der Waals surface area contributed by atoms with Gasteiger partial charge >= 0.3 is 5.97 Å². The van der Waals surface area contributed by atoms with Crippen molar-refractivity contribution in [2.24, 2.45) is 0 Å². The Hall–Kier alpha value is -2.57. The zero-order valence-corrected chi connectivity index (χ0v) is 43.0. The van der Waals surface area contributed by atoms with Crippen LogP contribution in [0.4, 0.5) is 0 Å². The van der Waals surface area contributed by atoms with Gasteiger partial charge in [-0.1, -0.05) is 177 Å². The van der Waals surface area contributed by atoms with E-state index in [9.17, 15) is 40.5 Å². The van der Waals surface area contributed by atoms with E-state index < -0.39 is 86.7 Å². The van der Waals surface area contributed by atoms with Crippen LogP contribution in [0.2, 0.25) is 0 Å². The number of hydrogen-bond donors (Lipinski definition) is 7. The Morgan fingerprint density at radius 2 is 0.929 bits per heavy atom. The lowest BCUT2D eigenvalue weighted by Crippen LogP contribution is -2.61. The summed E-state index contributed by atoms with van der Waals surface area (Å²) in [5, 5.41) is 72.1. The van der Waals surface area contributed by atoms with Gasteiger partial charge in [0.2, 0.25) is 0 Å². The second-order valence-electron chi connectivity index (χ2n) is 18.7. The number of carbonyl (C=O) groups excluding carboxylic acids is 1. The first-order valence-corrected chi connectivity index (χ1v) is 27.0. The van der Waals surface area contributed by atoms with Crippen LogP contribution in [0, 0.1) is 0 Å². The lowest BCUT2D eigenvalue weighted by atomic mass is 9.98. The molecule has 404 valence electrons. The molecule has 0 spiro atoms. The van der Waals surface area contributed by atoms with E-state index in [1.54, 1.807) is 0 Å². The maximum absolute atomic E-state index is 13.0. The maximum atomic E-state index is 13.0. The van der Waals surface area contributed by atoms with Gasteiger partial charge in [-0.3, -0.25) is 4.79 Å². The molecule has 0 aromatic carbocycles. The van der Waals surface area contributed by atoms with Crippen molar-refractivity contribution in [1.82, 2.24) is 0 Å². The summed E-state index contributed by atoms with van der Waals surface area (Å²) in [5.41, 5.74) is 0. The second kappa shape index (κ2) is 42.9. The minimum absolute atomic E-state index is 0.0535. The summed E-state index contributed by atoms with van der Waals surface area (Å²) in [6.07, 6.45) is 36.8. The molecule has 7 N–H and O–H groups in total. The van der Waals surface area contributed by atoms with Gasteiger partial charge in [0.25, 0.3) is 0 Å². The van der Waals surface area contributed by atoms with E-state index in [-0.39, 0.29) is 19.6 Å². The molecule has 2 saturated heterocycles. The number of carbonyl (C=O) groups is 1. The monoisotopic (exact) mass is 993 g/mol. The summed E-state index contributed by atoms with van der Waals surface area (Å²) in [6, 6.07) is 0. The van der Waals surface area contributed by atoms with Crippen LogP contribution in [0.1, 0.15) is 174 Å². The van der Waals surface area contributed by atoms with Crippen LogP contribution in [0.25, 0.3) is 0 Å². The fourth-order valence-corrected chi connectivity index (χ4v) is 8.11. The average molecular weight is 993 g/mol. The summed E-state index contributed by atoms with van der Waals surface area (Å²) in [6.45, 7) is 3.54. The standard InChI is InChI=1S/C56H96O14/c1-3-5-7-9-11-13-15-16-17-18-19-20-21-22-23-24-25-26-27-28-29-31-33-35-37-39-48(58)68-45(42-65-40-38-36-34-32-30-14-12-10-8-6-4-2)43-66-55-54(64)52(62)50(60)47(70-55)44-67-56-53(63)51(61)49(59)46(41-57)69-56/h5,7,11,13,16-17,19-20,22-23,25-26,45-47,49-57,59-64H,3-4,6,8-10,12,14-15,18,21,24,27-44H2,1-2H3/b7-5-,13-11-,17-16-,20-19-,23-22-,26-25-. The van der Waals surface area contributed by atoms with E-state index in [1.165, 1.54) is 51.4 Å². The van der Waals surface area contributed by atoms with Gasteiger partial charge in [-0.2, -0.15) is 0 Å². The Kier molecular flexibility index (Phi) is 38.9. The Bertz CT molecular complexity index is 1430. The molecule has 0 saturated carbocycles. The third kappa shape index (κ3) is 29.8. The van der Waals surface area contributed by atoms with Crippen LogP contribution >= 0.6 is 0 Å². The first-order chi connectivity index (χ1) is 34.1. The lowest BCUT2D eigenvalue weighted by molar-refractivity contribution is -0.332. The summed E-state index contributed by atoms with van der Waals surface area (Å²) in [7, 11) is 0. The van der Waals surface area contributed by atoms with E-state index in [2.05, 4.69) is 86.8 Å². The van der Waals surface area contributed by atoms with Gasteiger partial charge in [0, 0.05) is 13.0 Å². The molecule has 0 radical (unpaired) electrons. The quantitative estimate of drug-likeness (QED) is 0.0173. The van der Waals surface area contributed by atoms with Crippen LogP contribution < -0.4 is 0 Å². The first kappa shape index (κ1) is 63.5. The number of rotatable bonds is 42. The molecule has 2 aliphatic rings. The summed E-state index contributed by atoms with van der Waals surface area (Å²) < 4.78 is 34.3. The van der Waals surface area contributed by atoms with Gasteiger partial charge in [-0.15, -0.1) is 0 Å². The fraction of sp³-hybridized carbons (Fsp3) is 0.768. The molecule has 70 heavy (non-hydrogen) atoms. The van der Waals surface area contributed by atoms with Crippen LogP contribution in [0.3, 0.4) is 0 Å². The number of allylic oxidation sites excluding steroid dienone is 12. The lowest BCUT2D eigenvalue weighted by Gasteiger charge is -2.42. The summed E-state index contributed by atoms with van der Waals surface area (Å²) >= 11 is 0. The van der Waals surface area contributed by atoms with E-state index in [0.717, 1.165) is 96.3 Å². The topological polar surface area (TPSA) is 214 Å². The van der Waals surface area contributed by atoms with Crippen LogP contribution in [0.5, 0.6) is 0 Å². The molecule has 0 aromatic rings. The van der Waals surface area contributed by atoms with Crippen LogP contribution in [0.15, 0.2) is 72.9 Å². The Morgan fingerprint density at radius 3 is 1.46 bits per heavy atom. The van der Waals surface area contributed by atoms with E-state index in [4.69, 9.17) is 28.4 Å². The summed E-state index contributed by atoms with van der Waals surface area (Å²) in [4.78, 5) is 13.0. The predicted octanol–water partition coefficient (Wildman–Crippen LogP) is 8.69. The van der Waals surface area contributed by atoms with Gasteiger partial charge in [0.1, 0.15) is 54.9 Å². The number of ether oxygens (including phenoxy) is 6. The SMILES string of the molecule is CC/C=C\C/C=C\C/C=C\C/C=C\C/C=C\C/C=C\CCCCCCCCC(=O)OC(COCCCCCCCCCCCCC)COC1OC(COC2OC(CO)C(O)C(O)C2O)C(O)C(O)C1O. The third-order valence-electron chi connectivity index (χ3n) is 12.5. The van der Waals surface area contributed by atoms with Gasteiger partial charge in [-0.25, -0.2) is 0 Å². The van der Waals surface area contributed by atoms with Gasteiger partial charge in [-0.05, 0) is 64.2 Å². The molecule has 0 aromatic heterocycles. The minimum Gasteiger partial charge on any atom is -0.457 e. The van der Waals surface area contributed by atoms with Crippen LogP contribution in [-0.2, 0) is 33.2 Å². The number of hydrogen-bond acceptors (Lipinski definition) is 14. The molecule has 0 aliphatic carbocycles. The molecule has 2 aliphatic heterocycles. The average Bonchev–Trinajstić information content (AvgIpc) is 3.36. The highest BCUT2D eigenvalue weighted by Crippen LogP contribution is 2.26. The Morgan fingerprint density at radius 1 is 0.486 bits per heavy atom. The normalized spacial score (nSPS) is 26.1. The molecule has 2 fully saturated rings. The smallest absolute Gasteiger partial charge is 0.306 e.